The second kappa shape index (κ2) is 6.97. The van der Waals surface area contributed by atoms with Crippen LogP contribution in [0.3, 0.4) is 0 Å². The molecule has 78 valence electrons. The van der Waals surface area contributed by atoms with Gasteiger partial charge in [-0.3, -0.25) is 4.79 Å². The monoisotopic (exact) mass is 331 g/mol. The molecular formula is C8H8ClFINO2. The van der Waals surface area contributed by atoms with E-state index in [0.29, 0.717) is 9.13 Å². The molecular weight excluding hydrogens is 323 g/mol. The fraction of sp³-hybridized carbons (Fsp3) is 0.125. The van der Waals surface area contributed by atoms with Crippen LogP contribution in [0.25, 0.3) is 0 Å². The molecule has 0 heterocycles. The number of halogens is 3. The van der Waals surface area contributed by atoms with Gasteiger partial charge in [-0.25, -0.2) is 4.39 Å². The Morgan fingerprint density at radius 1 is 1.64 bits per heavy atom. The third kappa shape index (κ3) is 3.77. The van der Waals surface area contributed by atoms with Gasteiger partial charge in [0, 0.05) is 6.54 Å². The van der Waals surface area contributed by atoms with Crippen LogP contribution in [0, 0.1) is 9.39 Å². The standard InChI is InChI=1S/C7H6ClFIN.CH2O2/c8-6-4(3-11)1-2-5(10)7(6)9;2-1-3/h1-2H,3,11H2;1H,(H,2,3). The highest BCUT2D eigenvalue weighted by Crippen LogP contribution is 2.23. The zero-order valence-corrected chi connectivity index (χ0v) is 9.92. The molecule has 0 atom stereocenters. The van der Waals surface area contributed by atoms with Crippen LogP contribution >= 0.6 is 34.2 Å². The summed E-state index contributed by atoms with van der Waals surface area (Å²) >= 11 is 7.52. The topological polar surface area (TPSA) is 63.3 Å². The fourth-order valence-corrected chi connectivity index (χ4v) is 1.57. The molecule has 0 saturated carbocycles. The van der Waals surface area contributed by atoms with Gasteiger partial charge in [-0.2, -0.15) is 0 Å². The molecule has 0 radical (unpaired) electrons. The Hall–Kier alpha value is -0.400. The van der Waals surface area contributed by atoms with Gasteiger partial charge in [0.1, 0.15) is 0 Å². The van der Waals surface area contributed by atoms with Crippen molar-refractivity contribution in [2.75, 3.05) is 0 Å². The van der Waals surface area contributed by atoms with Crippen LogP contribution in [0.4, 0.5) is 4.39 Å². The normalized spacial score (nSPS) is 8.86. The zero-order chi connectivity index (χ0) is 11.1. The largest absolute Gasteiger partial charge is 0.483 e. The van der Waals surface area contributed by atoms with E-state index in [1.165, 1.54) is 0 Å². The average Bonchev–Trinajstić information content (AvgIpc) is 2.16. The van der Waals surface area contributed by atoms with E-state index in [9.17, 15) is 4.39 Å². The number of hydrogen-bond donors (Lipinski definition) is 2. The van der Waals surface area contributed by atoms with Crippen molar-refractivity contribution in [1.82, 2.24) is 0 Å². The molecule has 1 rings (SSSR count). The summed E-state index contributed by atoms with van der Waals surface area (Å²) in [5.41, 5.74) is 5.96. The van der Waals surface area contributed by atoms with Crippen molar-refractivity contribution in [3.63, 3.8) is 0 Å². The van der Waals surface area contributed by atoms with E-state index >= 15 is 0 Å². The third-order valence-electron chi connectivity index (χ3n) is 1.34. The molecule has 0 saturated heterocycles. The van der Waals surface area contributed by atoms with Crippen molar-refractivity contribution >= 4 is 40.7 Å². The summed E-state index contributed by atoms with van der Waals surface area (Å²) < 4.78 is 13.5. The van der Waals surface area contributed by atoms with Crippen molar-refractivity contribution in [3.05, 3.63) is 32.1 Å². The SMILES string of the molecule is NCc1ccc(I)c(F)c1Cl.O=CO. The minimum absolute atomic E-state index is 0.138. The number of carboxylic acid groups (broad SMARTS) is 1. The van der Waals surface area contributed by atoms with Crippen LogP contribution in [0.2, 0.25) is 5.02 Å². The Bertz CT molecular complexity index is 322. The molecule has 0 fully saturated rings. The van der Waals surface area contributed by atoms with E-state index in [4.69, 9.17) is 27.2 Å². The van der Waals surface area contributed by atoms with Crippen LogP contribution in [0.5, 0.6) is 0 Å². The van der Waals surface area contributed by atoms with E-state index < -0.39 is 0 Å². The lowest BCUT2D eigenvalue weighted by Crippen LogP contribution is -1.99. The van der Waals surface area contributed by atoms with Gasteiger partial charge >= 0.3 is 0 Å². The maximum atomic E-state index is 13.0. The minimum Gasteiger partial charge on any atom is -0.483 e. The van der Waals surface area contributed by atoms with E-state index in [2.05, 4.69) is 0 Å². The molecule has 0 spiro atoms. The molecule has 1 aromatic carbocycles. The first-order valence-electron chi connectivity index (χ1n) is 3.48. The van der Waals surface area contributed by atoms with Crippen LogP contribution in [0.15, 0.2) is 12.1 Å². The summed E-state index contributed by atoms with van der Waals surface area (Å²) in [6.45, 7) is 0.0205. The molecule has 1 aromatic rings. The van der Waals surface area contributed by atoms with Crippen molar-refractivity contribution in [1.29, 1.82) is 0 Å². The lowest BCUT2D eigenvalue weighted by molar-refractivity contribution is -0.122. The molecule has 0 aromatic heterocycles. The molecule has 0 aliphatic rings. The van der Waals surface area contributed by atoms with Gasteiger partial charge in [-0.05, 0) is 34.2 Å². The number of benzene rings is 1. The van der Waals surface area contributed by atoms with Gasteiger partial charge in [0.2, 0.25) is 0 Å². The summed E-state index contributed by atoms with van der Waals surface area (Å²) in [5, 5.41) is 7.03. The Balaban J connectivity index is 0.000000500. The van der Waals surface area contributed by atoms with E-state index in [1.807, 2.05) is 22.6 Å². The molecule has 14 heavy (non-hydrogen) atoms. The molecule has 3 N–H and O–H groups in total. The lowest BCUT2D eigenvalue weighted by atomic mass is 10.2. The van der Waals surface area contributed by atoms with Gasteiger partial charge in [0.05, 0.1) is 8.59 Å². The molecule has 6 heteroatoms. The predicted molar refractivity (Wildman–Crippen MR) is 60.7 cm³/mol. The molecule has 0 unspecified atom stereocenters. The molecule has 0 aliphatic carbocycles. The maximum Gasteiger partial charge on any atom is 0.290 e. The van der Waals surface area contributed by atoms with E-state index in [0.717, 1.165) is 0 Å². The van der Waals surface area contributed by atoms with Crippen molar-refractivity contribution in [2.24, 2.45) is 5.73 Å². The molecule has 0 amide bonds. The van der Waals surface area contributed by atoms with Crippen LogP contribution in [0.1, 0.15) is 5.56 Å². The van der Waals surface area contributed by atoms with E-state index in [1.54, 1.807) is 12.1 Å². The van der Waals surface area contributed by atoms with Gasteiger partial charge in [0.25, 0.3) is 6.47 Å². The van der Waals surface area contributed by atoms with Crippen molar-refractivity contribution in [2.45, 2.75) is 6.54 Å². The lowest BCUT2D eigenvalue weighted by Gasteiger charge is -2.02. The quantitative estimate of drug-likeness (QED) is 0.471. The first kappa shape index (κ1) is 13.6. The van der Waals surface area contributed by atoms with Gasteiger partial charge in [-0.15, -0.1) is 0 Å². The Labute approximate surface area is 99.2 Å². The highest BCUT2D eigenvalue weighted by atomic mass is 127. The van der Waals surface area contributed by atoms with Gasteiger partial charge in [0.15, 0.2) is 5.82 Å². The number of rotatable bonds is 1. The minimum atomic E-state index is -0.379. The number of carbonyl (C=O) groups is 1. The highest BCUT2D eigenvalue weighted by Gasteiger charge is 2.07. The Kier molecular flexibility index (Phi) is 6.77. The fourth-order valence-electron chi connectivity index (χ4n) is 0.724. The molecule has 0 bridgehead atoms. The summed E-state index contributed by atoms with van der Waals surface area (Å²) in [6.07, 6.45) is 0. The van der Waals surface area contributed by atoms with Crippen LogP contribution in [-0.4, -0.2) is 11.6 Å². The van der Waals surface area contributed by atoms with Gasteiger partial charge in [-0.1, -0.05) is 17.7 Å². The Morgan fingerprint density at radius 3 is 2.57 bits per heavy atom. The molecule has 3 nitrogen and oxygen atoms in total. The summed E-state index contributed by atoms with van der Waals surface area (Å²) in [5.74, 6) is -0.379. The van der Waals surface area contributed by atoms with Gasteiger partial charge < -0.3 is 10.8 Å². The van der Waals surface area contributed by atoms with Crippen LogP contribution in [-0.2, 0) is 11.3 Å². The smallest absolute Gasteiger partial charge is 0.290 e. The number of nitrogens with two attached hydrogens (primary N) is 1. The average molecular weight is 332 g/mol. The summed E-state index contributed by atoms with van der Waals surface area (Å²) in [4.78, 5) is 8.36. The first-order valence-corrected chi connectivity index (χ1v) is 4.94. The van der Waals surface area contributed by atoms with Crippen molar-refractivity contribution in [3.8, 4) is 0 Å². The first-order chi connectivity index (χ1) is 6.58. The molecule has 0 aliphatic heterocycles. The van der Waals surface area contributed by atoms with Crippen molar-refractivity contribution < 1.29 is 14.3 Å². The summed E-state index contributed by atoms with van der Waals surface area (Å²) in [6, 6.07) is 3.39. The van der Waals surface area contributed by atoms with E-state index in [-0.39, 0.29) is 23.9 Å². The Morgan fingerprint density at radius 2 is 2.14 bits per heavy atom. The second-order valence-electron chi connectivity index (χ2n) is 2.14. The second-order valence-corrected chi connectivity index (χ2v) is 3.68. The maximum absolute atomic E-state index is 13.0. The predicted octanol–water partition coefficient (Wildman–Crippen LogP) is 2.24. The zero-order valence-electron chi connectivity index (χ0n) is 7.01. The third-order valence-corrected chi connectivity index (χ3v) is 2.58. The van der Waals surface area contributed by atoms with Crippen LogP contribution < -0.4 is 5.73 Å². The summed E-state index contributed by atoms with van der Waals surface area (Å²) in [7, 11) is 0. The number of hydrogen-bond acceptors (Lipinski definition) is 2. The highest BCUT2D eigenvalue weighted by molar-refractivity contribution is 14.1.